The quantitative estimate of drug-likeness (QED) is 0.832. The largest absolute Gasteiger partial charge is 0.508 e. The Balaban J connectivity index is 2.18. The standard InChI is InChI=1S/C17H25NO3/c1-16(2,3)21-15(20)18-14-9-7-11-6-8-12(19)10-13(11)17(14,4)5/h6,8,10,14,19H,7,9H2,1-5H3,(H,18,20)/t14-/m0/s1. The molecule has 2 N–H and O–H groups in total. The molecular weight excluding hydrogens is 266 g/mol. The summed E-state index contributed by atoms with van der Waals surface area (Å²) in [5, 5.41) is 12.7. The number of aromatic hydroxyl groups is 1. The van der Waals surface area contributed by atoms with E-state index in [4.69, 9.17) is 4.74 Å². The van der Waals surface area contributed by atoms with Crippen LogP contribution < -0.4 is 5.32 Å². The first-order valence-electron chi connectivity index (χ1n) is 7.41. The molecule has 1 amide bonds. The minimum atomic E-state index is -0.501. The molecule has 0 heterocycles. The Bertz CT molecular complexity index is 543. The maximum Gasteiger partial charge on any atom is 0.407 e. The summed E-state index contributed by atoms with van der Waals surface area (Å²) in [6, 6.07) is 5.48. The zero-order chi connectivity index (χ0) is 15.8. The molecule has 4 nitrogen and oxygen atoms in total. The van der Waals surface area contributed by atoms with Crippen molar-refractivity contribution >= 4 is 6.09 Å². The molecule has 0 saturated carbocycles. The second kappa shape index (κ2) is 5.24. The molecule has 0 saturated heterocycles. The molecule has 0 spiro atoms. The SMILES string of the molecule is CC(C)(C)OC(=O)N[C@H]1CCc2ccc(O)cc2C1(C)C. The molecular formula is C17H25NO3. The smallest absolute Gasteiger partial charge is 0.407 e. The van der Waals surface area contributed by atoms with Crippen molar-refractivity contribution in [3.8, 4) is 5.75 Å². The number of carbonyl (C=O) groups is 1. The number of ether oxygens (including phenoxy) is 1. The van der Waals surface area contributed by atoms with Crippen LogP contribution in [0.3, 0.4) is 0 Å². The summed E-state index contributed by atoms with van der Waals surface area (Å²) in [5.41, 5.74) is 1.58. The monoisotopic (exact) mass is 291 g/mol. The summed E-state index contributed by atoms with van der Waals surface area (Å²) < 4.78 is 5.35. The van der Waals surface area contributed by atoms with E-state index in [1.807, 2.05) is 26.8 Å². The van der Waals surface area contributed by atoms with Crippen molar-refractivity contribution in [2.24, 2.45) is 0 Å². The molecule has 1 aliphatic carbocycles. The number of alkyl carbamates (subject to hydrolysis) is 1. The first-order chi connectivity index (χ1) is 9.59. The predicted octanol–water partition coefficient (Wildman–Crippen LogP) is 3.51. The summed E-state index contributed by atoms with van der Waals surface area (Å²) in [7, 11) is 0. The number of nitrogens with one attached hydrogen (secondary N) is 1. The molecule has 1 atom stereocenters. The molecule has 116 valence electrons. The number of carbonyl (C=O) groups excluding carboxylic acids is 1. The van der Waals surface area contributed by atoms with Gasteiger partial charge in [0, 0.05) is 11.5 Å². The van der Waals surface area contributed by atoms with E-state index in [1.165, 1.54) is 5.56 Å². The zero-order valence-electron chi connectivity index (χ0n) is 13.5. The van der Waals surface area contributed by atoms with E-state index in [2.05, 4.69) is 19.2 Å². The molecule has 1 aliphatic rings. The number of benzene rings is 1. The summed E-state index contributed by atoms with van der Waals surface area (Å²) in [4.78, 5) is 12.0. The zero-order valence-corrected chi connectivity index (χ0v) is 13.5. The molecule has 0 fully saturated rings. The van der Waals surface area contributed by atoms with Gasteiger partial charge >= 0.3 is 6.09 Å². The number of fused-ring (bicyclic) bond motifs is 1. The second-order valence-electron chi connectivity index (χ2n) is 7.30. The van der Waals surface area contributed by atoms with E-state index >= 15 is 0 Å². The van der Waals surface area contributed by atoms with Crippen LogP contribution in [0.5, 0.6) is 5.75 Å². The lowest BCUT2D eigenvalue weighted by atomic mass is 9.69. The fourth-order valence-electron chi connectivity index (χ4n) is 2.93. The number of amides is 1. The highest BCUT2D eigenvalue weighted by Crippen LogP contribution is 2.38. The third kappa shape index (κ3) is 3.49. The number of phenolic OH excluding ortho intramolecular Hbond substituents is 1. The third-order valence-electron chi connectivity index (χ3n) is 4.05. The molecule has 0 aromatic heterocycles. The van der Waals surface area contributed by atoms with Crippen molar-refractivity contribution in [3.63, 3.8) is 0 Å². The van der Waals surface area contributed by atoms with Crippen LogP contribution in [0.25, 0.3) is 0 Å². The van der Waals surface area contributed by atoms with E-state index in [9.17, 15) is 9.90 Å². The van der Waals surface area contributed by atoms with Gasteiger partial charge in [-0.25, -0.2) is 4.79 Å². The molecule has 21 heavy (non-hydrogen) atoms. The van der Waals surface area contributed by atoms with Crippen LogP contribution in [-0.2, 0) is 16.6 Å². The van der Waals surface area contributed by atoms with Crippen LogP contribution >= 0.6 is 0 Å². The third-order valence-corrected chi connectivity index (χ3v) is 4.05. The van der Waals surface area contributed by atoms with Gasteiger partial charge in [0.05, 0.1) is 0 Å². The van der Waals surface area contributed by atoms with Gasteiger partial charge in [-0.1, -0.05) is 19.9 Å². The van der Waals surface area contributed by atoms with Crippen molar-refractivity contribution in [3.05, 3.63) is 29.3 Å². The van der Waals surface area contributed by atoms with Crippen LogP contribution in [0.15, 0.2) is 18.2 Å². The van der Waals surface area contributed by atoms with Gasteiger partial charge in [-0.05, 0) is 56.9 Å². The molecule has 4 heteroatoms. The van der Waals surface area contributed by atoms with Gasteiger partial charge in [0.2, 0.25) is 0 Å². The molecule has 0 aliphatic heterocycles. The number of hydrogen-bond acceptors (Lipinski definition) is 3. The van der Waals surface area contributed by atoms with Crippen molar-refractivity contribution in [2.45, 2.75) is 64.5 Å². The maximum absolute atomic E-state index is 12.0. The summed E-state index contributed by atoms with van der Waals surface area (Å²) >= 11 is 0. The number of hydrogen-bond donors (Lipinski definition) is 2. The maximum atomic E-state index is 12.0. The Morgan fingerprint density at radius 3 is 2.67 bits per heavy atom. The normalized spacial score (nSPS) is 20.5. The molecule has 0 radical (unpaired) electrons. The van der Waals surface area contributed by atoms with Crippen LogP contribution in [0.1, 0.15) is 52.2 Å². The fraction of sp³-hybridized carbons (Fsp3) is 0.588. The Kier molecular flexibility index (Phi) is 3.91. The first kappa shape index (κ1) is 15.7. The van der Waals surface area contributed by atoms with Gasteiger partial charge in [0.1, 0.15) is 11.4 Å². The first-order valence-corrected chi connectivity index (χ1v) is 7.41. The average molecular weight is 291 g/mol. The second-order valence-corrected chi connectivity index (χ2v) is 7.30. The van der Waals surface area contributed by atoms with Crippen molar-refractivity contribution < 1.29 is 14.6 Å². The lowest BCUT2D eigenvalue weighted by Gasteiger charge is -2.41. The molecule has 1 aromatic carbocycles. The number of phenols is 1. The lowest BCUT2D eigenvalue weighted by Crippen LogP contribution is -2.51. The fourth-order valence-corrected chi connectivity index (χ4v) is 2.93. The molecule has 0 bridgehead atoms. The van der Waals surface area contributed by atoms with Crippen LogP contribution in [0.2, 0.25) is 0 Å². The topological polar surface area (TPSA) is 58.6 Å². The van der Waals surface area contributed by atoms with E-state index in [0.29, 0.717) is 0 Å². The highest BCUT2D eigenvalue weighted by molar-refractivity contribution is 5.68. The molecule has 1 aromatic rings. The van der Waals surface area contributed by atoms with Gasteiger partial charge in [-0.15, -0.1) is 0 Å². The summed E-state index contributed by atoms with van der Waals surface area (Å²) in [6.45, 7) is 9.74. The van der Waals surface area contributed by atoms with Gasteiger partial charge < -0.3 is 15.2 Å². The summed E-state index contributed by atoms with van der Waals surface area (Å²) in [6.07, 6.45) is 1.37. The van der Waals surface area contributed by atoms with Crippen molar-refractivity contribution in [1.82, 2.24) is 5.32 Å². The van der Waals surface area contributed by atoms with E-state index < -0.39 is 5.60 Å². The van der Waals surface area contributed by atoms with Gasteiger partial charge in [0.25, 0.3) is 0 Å². The highest BCUT2D eigenvalue weighted by Gasteiger charge is 2.38. The molecule has 0 unspecified atom stereocenters. The van der Waals surface area contributed by atoms with E-state index in [0.717, 1.165) is 18.4 Å². The van der Waals surface area contributed by atoms with Gasteiger partial charge in [-0.3, -0.25) is 0 Å². The van der Waals surface area contributed by atoms with Crippen molar-refractivity contribution in [2.75, 3.05) is 0 Å². The minimum Gasteiger partial charge on any atom is -0.508 e. The highest BCUT2D eigenvalue weighted by atomic mass is 16.6. The Morgan fingerprint density at radius 2 is 2.05 bits per heavy atom. The van der Waals surface area contributed by atoms with Crippen LogP contribution in [-0.4, -0.2) is 22.8 Å². The number of rotatable bonds is 1. The number of aryl methyl sites for hydroxylation is 1. The Labute approximate surface area is 126 Å². The van der Waals surface area contributed by atoms with Gasteiger partial charge in [0.15, 0.2) is 0 Å². The Morgan fingerprint density at radius 1 is 1.38 bits per heavy atom. The Hall–Kier alpha value is -1.71. The van der Waals surface area contributed by atoms with Crippen LogP contribution in [0, 0.1) is 0 Å². The minimum absolute atomic E-state index is 0.0124. The van der Waals surface area contributed by atoms with E-state index in [-0.39, 0.29) is 23.3 Å². The van der Waals surface area contributed by atoms with Crippen molar-refractivity contribution in [1.29, 1.82) is 0 Å². The van der Waals surface area contributed by atoms with Crippen LogP contribution in [0.4, 0.5) is 4.79 Å². The van der Waals surface area contributed by atoms with Gasteiger partial charge in [-0.2, -0.15) is 0 Å². The summed E-state index contributed by atoms with van der Waals surface area (Å²) in [5.74, 6) is 0.264. The lowest BCUT2D eigenvalue weighted by molar-refractivity contribution is 0.0474. The predicted molar refractivity (Wildman–Crippen MR) is 82.6 cm³/mol. The molecule has 2 rings (SSSR count). The van der Waals surface area contributed by atoms with E-state index in [1.54, 1.807) is 12.1 Å². The average Bonchev–Trinajstić information content (AvgIpc) is 2.31.